The number of anilines is 1. The highest BCUT2D eigenvalue weighted by Gasteiger charge is 2.29. The summed E-state index contributed by atoms with van der Waals surface area (Å²) in [7, 11) is -3.76. The highest BCUT2D eigenvalue weighted by Crippen LogP contribution is 2.37. The third-order valence-corrected chi connectivity index (χ3v) is 7.55. The van der Waals surface area contributed by atoms with Gasteiger partial charge >= 0.3 is 0 Å². The van der Waals surface area contributed by atoms with Crippen molar-refractivity contribution in [1.29, 1.82) is 0 Å². The number of rotatable bonds is 5. The zero-order valence-electron chi connectivity index (χ0n) is 16.6. The molecule has 0 saturated carbocycles. The molecule has 1 atom stereocenters. The summed E-state index contributed by atoms with van der Waals surface area (Å²) < 4.78 is 33.2. The minimum atomic E-state index is -3.76. The number of nitrogens with one attached hydrogen (secondary N) is 1. The number of nitro groups is 1. The van der Waals surface area contributed by atoms with Crippen molar-refractivity contribution in [3.8, 4) is 5.75 Å². The molecule has 0 amide bonds. The van der Waals surface area contributed by atoms with Crippen molar-refractivity contribution in [1.82, 2.24) is 4.31 Å². The normalized spacial score (nSPS) is 19.9. The Balaban J connectivity index is 1.64. The van der Waals surface area contributed by atoms with Crippen LogP contribution in [-0.2, 0) is 10.0 Å². The maximum absolute atomic E-state index is 13.0. The van der Waals surface area contributed by atoms with Crippen LogP contribution in [0.2, 0.25) is 0 Å². The van der Waals surface area contributed by atoms with Crippen molar-refractivity contribution in [2.75, 3.05) is 25.0 Å². The van der Waals surface area contributed by atoms with E-state index in [4.69, 9.17) is 4.74 Å². The SMILES string of the molecule is O=[N+]([O-])c1cc(S(=O)(=O)N2CCCCCC2)ccc1N[C@@H]1CCOc2ccccc21. The molecular formula is C21H25N3O5S. The number of fused-ring (bicyclic) bond motifs is 1. The van der Waals surface area contributed by atoms with Gasteiger partial charge in [-0.15, -0.1) is 0 Å². The first-order valence-electron chi connectivity index (χ1n) is 10.2. The summed E-state index contributed by atoms with van der Waals surface area (Å²) in [4.78, 5) is 11.2. The van der Waals surface area contributed by atoms with Crippen LogP contribution in [0.25, 0.3) is 0 Å². The number of ether oxygens (including phenoxy) is 1. The first-order chi connectivity index (χ1) is 14.5. The maximum Gasteiger partial charge on any atom is 0.293 e. The lowest BCUT2D eigenvalue weighted by molar-refractivity contribution is -0.384. The molecule has 0 bridgehead atoms. The van der Waals surface area contributed by atoms with Crippen LogP contribution >= 0.6 is 0 Å². The molecule has 2 aromatic rings. The van der Waals surface area contributed by atoms with E-state index >= 15 is 0 Å². The number of sulfonamides is 1. The molecule has 9 heteroatoms. The van der Waals surface area contributed by atoms with Crippen molar-refractivity contribution in [3.05, 3.63) is 58.1 Å². The predicted molar refractivity (Wildman–Crippen MR) is 113 cm³/mol. The number of nitrogens with zero attached hydrogens (tertiary/aromatic N) is 2. The first kappa shape index (κ1) is 20.6. The summed E-state index contributed by atoms with van der Waals surface area (Å²) >= 11 is 0. The Bertz CT molecular complexity index is 1030. The van der Waals surface area contributed by atoms with E-state index in [9.17, 15) is 18.5 Å². The van der Waals surface area contributed by atoms with Gasteiger partial charge in [0.15, 0.2) is 0 Å². The molecule has 0 spiro atoms. The van der Waals surface area contributed by atoms with Gasteiger partial charge in [0, 0.05) is 31.1 Å². The molecule has 160 valence electrons. The molecule has 1 fully saturated rings. The van der Waals surface area contributed by atoms with E-state index in [1.807, 2.05) is 24.3 Å². The molecule has 0 aromatic heterocycles. The lowest BCUT2D eigenvalue weighted by Crippen LogP contribution is -2.32. The quantitative estimate of drug-likeness (QED) is 0.565. The van der Waals surface area contributed by atoms with Gasteiger partial charge in [0.05, 0.1) is 22.5 Å². The molecule has 2 aromatic carbocycles. The van der Waals surface area contributed by atoms with E-state index in [-0.39, 0.29) is 16.6 Å². The largest absolute Gasteiger partial charge is 0.493 e. The van der Waals surface area contributed by atoms with Crippen LogP contribution in [0.1, 0.15) is 43.7 Å². The van der Waals surface area contributed by atoms with E-state index in [0.29, 0.717) is 31.8 Å². The summed E-state index contributed by atoms with van der Waals surface area (Å²) in [6.45, 7) is 1.41. The lowest BCUT2D eigenvalue weighted by Gasteiger charge is -2.27. The van der Waals surface area contributed by atoms with Crippen molar-refractivity contribution in [2.24, 2.45) is 0 Å². The van der Waals surface area contributed by atoms with Crippen LogP contribution in [0.3, 0.4) is 0 Å². The van der Waals surface area contributed by atoms with Crippen LogP contribution in [0.4, 0.5) is 11.4 Å². The molecule has 0 unspecified atom stereocenters. The highest BCUT2D eigenvalue weighted by atomic mass is 32.2. The standard InChI is InChI=1S/C21H25N3O5S/c25-24(26)20-15-16(30(27,28)23-12-5-1-2-6-13-23)9-10-19(20)22-18-11-14-29-21-8-4-3-7-17(18)21/h3-4,7-10,15,18,22H,1-2,5-6,11-14H2/t18-/m1/s1. The van der Waals surface area contributed by atoms with Gasteiger partial charge in [-0.25, -0.2) is 8.42 Å². The second-order valence-corrected chi connectivity index (χ2v) is 9.56. The van der Waals surface area contributed by atoms with Gasteiger partial charge in [0.25, 0.3) is 5.69 Å². The van der Waals surface area contributed by atoms with Crippen LogP contribution in [-0.4, -0.2) is 37.3 Å². The second-order valence-electron chi connectivity index (χ2n) is 7.63. The van der Waals surface area contributed by atoms with Gasteiger partial charge in [0.2, 0.25) is 10.0 Å². The van der Waals surface area contributed by atoms with Crippen molar-refractivity contribution in [3.63, 3.8) is 0 Å². The highest BCUT2D eigenvalue weighted by molar-refractivity contribution is 7.89. The fraction of sp³-hybridized carbons (Fsp3) is 0.429. The van der Waals surface area contributed by atoms with Gasteiger partial charge in [-0.05, 0) is 31.0 Å². The fourth-order valence-electron chi connectivity index (χ4n) is 4.06. The average Bonchev–Trinajstić information content (AvgIpc) is 3.04. The van der Waals surface area contributed by atoms with E-state index in [1.54, 1.807) is 0 Å². The second kappa shape index (κ2) is 8.61. The molecule has 8 nitrogen and oxygen atoms in total. The van der Waals surface area contributed by atoms with Crippen LogP contribution in [0.15, 0.2) is 47.4 Å². The summed E-state index contributed by atoms with van der Waals surface area (Å²) in [5, 5.41) is 15.0. The molecule has 4 rings (SSSR count). The third kappa shape index (κ3) is 4.13. The van der Waals surface area contributed by atoms with Crippen LogP contribution in [0, 0.1) is 10.1 Å². The van der Waals surface area contributed by atoms with Gasteiger partial charge in [-0.1, -0.05) is 31.0 Å². The molecule has 2 heterocycles. The lowest BCUT2D eigenvalue weighted by atomic mass is 10.00. The van der Waals surface area contributed by atoms with Gasteiger partial charge in [-0.3, -0.25) is 10.1 Å². The topological polar surface area (TPSA) is 102 Å². The van der Waals surface area contributed by atoms with E-state index < -0.39 is 14.9 Å². The van der Waals surface area contributed by atoms with Crippen molar-refractivity contribution in [2.45, 2.75) is 43.0 Å². The Morgan fingerprint density at radius 3 is 2.53 bits per heavy atom. The Labute approximate surface area is 176 Å². The zero-order chi connectivity index (χ0) is 21.1. The molecule has 2 aliphatic rings. The van der Waals surface area contributed by atoms with E-state index in [2.05, 4.69) is 5.32 Å². The summed E-state index contributed by atoms with van der Waals surface area (Å²) in [6.07, 6.45) is 4.28. The smallest absolute Gasteiger partial charge is 0.293 e. The monoisotopic (exact) mass is 431 g/mol. The minimum Gasteiger partial charge on any atom is -0.493 e. The van der Waals surface area contributed by atoms with E-state index in [1.165, 1.54) is 22.5 Å². The number of nitro benzene ring substituents is 1. The van der Waals surface area contributed by atoms with Gasteiger partial charge in [-0.2, -0.15) is 4.31 Å². The molecule has 0 aliphatic carbocycles. The summed E-state index contributed by atoms with van der Waals surface area (Å²) in [5.41, 5.74) is 0.991. The van der Waals surface area contributed by atoms with Gasteiger partial charge < -0.3 is 10.1 Å². The first-order valence-corrected chi connectivity index (χ1v) is 11.7. The van der Waals surface area contributed by atoms with E-state index in [0.717, 1.165) is 37.0 Å². The fourth-order valence-corrected chi connectivity index (χ4v) is 5.59. The molecule has 0 radical (unpaired) electrons. The van der Waals surface area contributed by atoms with Crippen LogP contribution < -0.4 is 10.1 Å². The summed E-state index contributed by atoms with van der Waals surface area (Å²) in [6, 6.07) is 11.6. The van der Waals surface area contributed by atoms with Crippen molar-refractivity contribution < 1.29 is 18.1 Å². The van der Waals surface area contributed by atoms with Crippen molar-refractivity contribution >= 4 is 21.4 Å². The Hall–Kier alpha value is -2.65. The number of hydrogen-bond acceptors (Lipinski definition) is 6. The molecule has 1 N–H and O–H groups in total. The third-order valence-electron chi connectivity index (χ3n) is 5.66. The minimum absolute atomic E-state index is 0.0333. The number of hydrogen-bond donors (Lipinski definition) is 1. The average molecular weight is 432 g/mol. The summed E-state index contributed by atoms with van der Waals surface area (Å²) in [5.74, 6) is 0.754. The number of benzene rings is 2. The predicted octanol–water partition coefficient (Wildman–Crippen LogP) is 4.10. The Morgan fingerprint density at radius 2 is 1.80 bits per heavy atom. The van der Waals surface area contributed by atoms with Crippen LogP contribution in [0.5, 0.6) is 5.75 Å². The van der Waals surface area contributed by atoms with Gasteiger partial charge in [0.1, 0.15) is 11.4 Å². The molecular weight excluding hydrogens is 406 g/mol. The molecule has 2 aliphatic heterocycles. The molecule has 1 saturated heterocycles. The Morgan fingerprint density at radius 1 is 1.07 bits per heavy atom. The number of para-hydroxylation sites is 1. The Kier molecular flexibility index (Phi) is 5.92. The maximum atomic E-state index is 13.0. The zero-order valence-corrected chi connectivity index (χ0v) is 17.4. The molecule has 30 heavy (non-hydrogen) atoms.